The molecule has 0 fully saturated rings. The van der Waals surface area contributed by atoms with Gasteiger partial charge in [-0.1, -0.05) is 59.6 Å². The predicted molar refractivity (Wildman–Crippen MR) is 89.7 cm³/mol. The summed E-state index contributed by atoms with van der Waals surface area (Å²) in [6.07, 6.45) is 0. The molecule has 1 N–H and O–H groups in total. The van der Waals surface area contributed by atoms with Gasteiger partial charge in [0.2, 0.25) is 0 Å². The molecule has 0 spiro atoms. The third-order valence-corrected chi connectivity index (χ3v) is 3.91. The Morgan fingerprint density at radius 1 is 1.00 bits per heavy atom. The van der Waals surface area contributed by atoms with Crippen LogP contribution < -0.4 is 10.3 Å². The van der Waals surface area contributed by atoms with E-state index in [0.29, 0.717) is 11.3 Å². The van der Waals surface area contributed by atoms with Crippen molar-refractivity contribution in [2.24, 2.45) is 5.10 Å². The molecular weight excluding hydrogens is 337 g/mol. The fourth-order valence-electron chi connectivity index (χ4n) is 2.06. The first-order valence-corrected chi connectivity index (χ1v) is 7.48. The van der Waals surface area contributed by atoms with E-state index >= 15 is 0 Å². The quantitative estimate of drug-likeness (QED) is 0.849. The molecule has 0 saturated carbocycles. The standard InChI is InChI=1S/C16H11Cl2N3O2/c17-16(18)14(19-13(22)11-7-3-1-4-8-11)20-21(15(16)23)12-9-5-2-6-10-12/h1-10H,(H,19,20,22). The Morgan fingerprint density at radius 3 is 2.17 bits per heavy atom. The van der Waals surface area contributed by atoms with E-state index in [1.54, 1.807) is 60.7 Å². The lowest BCUT2D eigenvalue weighted by Crippen LogP contribution is -2.44. The number of para-hydroxylation sites is 1. The third kappa shape index (κ3) is 2.93. The van der Waals surface area contributed by atoms with Gasteiger partial charge in [0.05, 0.1) is 5.69 Å². The van der Waals surface area contributed by atoms with Gasteiger partial charge in [0.1, 0.15) is 0 Å². The second-order valence-electron chi connectivity index (χ2n) is 4.80. The van der Waals surface area contributed by atoms with E-state index in [1.165, 1.54) is 0 Å². The molecule has 1 aliphatic rings. The van der Waals surface area contributed by atoms with E-state index in [9.17, 15) is 9.59 Å². The Labute approximate surface area is 142 Å². The molecular formula is C16H11Cl2N3O2. The third-order valence-electron chi connectivity index (χ3n) is 3.23. The molecule has 1 heterocycles. The molecule has 1 aliphatic heterocycles. The summed E-state index contributed by atoms with van der Waals surface area (Å²) in [5, 5.41) is 7.63. The van der Waals surface area contributed by atoms with Crippen molar-refractivity contribution in [2.75, 3.05) is 5.01 Å². The molecule has 0 aromatic heterocycles. The second-order valence-corrected chi connectivity index (χ2v) is 6.12. The van der Waals surface area contributed by atoms with Gasteiger partial charge in [-0.2, -0.15) is 5.01 Å². The zero-order chi connectivity index (χ0) is 16.4. The van der Waals surface area contributed by atoms with Gasteiger partial charge in [-0.3, -0.25) is 9.59 Å². The van der Waals surface area contributed by atoms with Crippen LogP contribution >= 0.6 is 23.2 Å². The Morgan fingerprint density at radius 2 is 1.57 bits per heavy atom. The largest absolute Gasteiger partial charge is 0.306 e. The molecule has 0 radical (unpaired) electrons. The fraction of sp³-hybridized carbons (Fsp3) is 0.0625. The Balaban J connectivity index is 1.88. The maximum atomic E-state index is 12.4. The number of amidine groups is 1. The summed E-state index contributed by atoms with van der Waals surface area (Å²) in [5.41, 5.74) is 0.914. The molecule has 2 aromatic rings. The van der Waals surface area contributed by atoms with Crippen LogP contribution in [-0.2, 0) is 4.79 Å². The fourth-order valence-corrected chi connectivity index (χ4v) is 2.39. The lowest BCUT2D eigenvalue weighted by Gasteiger charge is -2.15. The van der Waals surface area contributed by atoms with Crippen LogP contribution in [0, 0.1) is 0 Å². The summed E-state index contributed by atoms with van der Waals surface area (Å²) in [5.74, 6) is -1.21. The van der Waals surface area contributed by atoms with Crippen molar-refractivity contribution >= 4 is 46.5 Å². The van der Waals surface area contributed by atoms with Crippen LogP contribution in [-0.4, -0.2) is 22.0 Å². The number of hydrazone groups is 1. The van der Waals surface area contributed by atoms with Crippen molar-refractivity contribution in [2.45, 2.75) is 4.33 Å². The van der Waals surface area contributed by atoms with Crippen molar-refractivity contribution in [3.63, 3.8) is 0 Å². The molecule has 7 heteroatoms. The molecule has 0 aliphatic carbocycles. The normalized spacial score (nSPS) is 16.2. The van der Waals surface area contributed by atoms with E-state index in [0.717, 1.165) is 5.01 Å². The van der Waals surface area contributed by atoms with E-state index in [1.807, 2.05) is 0 Å². The summed E-state index contributed by atoms with van der Waals surface area (Å²) < 4.78 is -1.94. The number of nitrogens with one attached hydrogen (secondary N) is 1. The van der Waals surface area contributed by atoms with Crippen LogP contribution in [0.5, 0.6) is 0 Å². The summed E-state index contributed by atoms with van der Waals surface area (Å²) in [4.78, 5) is 24.6. The molecule has 0 atom stereocenters. The van der Waals surface area contributed by atoms with Crippen LogP contribution in [0.25, 0.3) is 0 Å². The summed E-state index contributed by atoms with van der Waals surface area (Å²) in [6, 6.07) is 17.2. The number of carbonyl (C=O) groups is 2. The first-order valence-electron chi connectivity index (χ1n) is 6.73. The Hall–Kier alpha value is -2.37. The summed E-state index contributed by atoms with van der Waals surface area (Å²) in [6.45, 7) is 0. The molecule has 116 valence electrons. The molecule has 2 aromatic carbocycles. The smallest absolute Gasteiger partial charge is 0.291 e. The lowest BCUT2D eigenvalue weighted by molar-refractivity contribution is -0.117. The van der Waals surface area contributed by atoms with Crippen molar-refractivity contribution < 1.29 is 9.59 Å². The highest BCUT2D eigenvalue weighted by Gasteiger charge is 2.50. The highest BCUT2D eigenvalue weighted by molar-refractivity contribution is 6.70. The number of anilines is 1. The van der Waals surface area contributed by atoms with Crippen LogP contribution in [0.4, 0.5) is 5.69 Å². The Bertz CT molecular complexity index is 776. The maximum absolute atomic E-state index is 12.4. The van der Waals surface area contributed by atoms with Gasteiger partial charge in [0.15, 0.2) is 5.84 Å². The molecule has 0 saturated heterocycles. The van der Waals surface area contributed by atoms with Crippen LogP contribution in [0.1, 0.15) is 10.4 Å². The van der Waals surface area contributed by atoms with Gasteiger partial charge < -0.3 is 5.32 Å². The minimum Gasteiger partial charge on any atom is -0.306 e. The number of alkyl halides is 2. The number of rotatable bonds is 2. The van der Waals surface area contributed by atoms with E-state index < -0.39 is 16.1 Å². The molecule has 2 amide bonds. The molecule has 23 heavy (non-hydrogen) atoms. The van der Waals surface area contributed by atoms with Gasteiger partial charge in [-0.15, -0.1) is 5.10 Å². The van der Waals surface area contributed by atoms with E-state index in [4.69, 9.17) is 23.2 Å². The average Bonchev–Trinajstić information content (AvgIpc) is 2.80. The molecule has 0 unspecified atom stereocenters. The highest BCUT2D eigenvalue weighted by atomic mass is 35.5. The van der Waals surface area contributed by atoms with Gasteiger partial charge >= 0.3 is 0 Å². The van der Waals surface area contributed by atoms with Crippen LogP contribution in [0.2, 0.25) is 0 Å². The molecule has 3 rings (SSSR count). The number of amides is 2. The SMILES string of the molecule is O=C(NC1=NN(c2ccccc2)C(=O)C1(Cl)Cl)c1ccccc1. The van der Waals surface area contributed by atoms with Gasteiger partial charge in [-0.25, -0.2) is 0 Å². The van der Waals surface area contributed by atoms with Gasteiger partial charge in [0, 0.05) is 5.56 Å². The number of halogens is 2. The molecule has 5 nitrogen and oxygen atoms in total. The zero-order valence-corrected chi connectivity index (χ0v) is 13.3. The summed E-state index contributed by atoms with van der Waals surface area (Å²) in [7, 11) is 0. The monoisotopic (exact) mass is 347 g/mol. The zero-order valence-electron chi connectivity index (χ0n) is 11.7. The minimum atomic E-state index is -1.94. The minimum absolute atomic E-state index is 0.122. The number of hydrogen-bond donors (Lipinski definition) is 1. The first-order chi connectivity index (χ1) is 11.0. The Kier molecular flexibility index (Phi) is 4.07. The van der Waals surface area contributed by atoms with Crippen molar-refractivity contribution in [1.29, 1.82) is 0 Å². The maximum Gasteiger partial charge on any atom is 0.291 e. The van der Waals surface area contributed by atoms with E-state index in [-0.39, 0.29) is 5.84 Å². The number of carbonyl (C=O) groups excluding carboxylic acids is 2. The number of benzene rings is 2. The predicted octanol–water partition coefficient (Wildman–Crippen LogP) is 2.95. The van der Waals surface area contributed by atoms with Crippen LogP contribution in [0.3, 0.4) is 0 Å². The van der Waals surface area contributed by atoms with Gasteiger partial charge in [0.25, 0.3) is 16.1 Å². The molecule has 0 bridgehead atoms. The number of nitrogens with zero attached hydrogens (tertiary/aromatic N) is 2. The highest BCUT2D eigenvalue weighted by Crippen LogP contribution is 2.33. The van der Waals surface area contributed by atoms with E-state index in [2.05, 4.69) is 10.4 Å². The van der Waals surface area contributed by atoms with Crippen molar-refractivity contribution in [1.82, 2.24) is 5.32 Å². The topological polar surface area (TPSA) is 61.8 Å². The van der Waals surface area contributed by atoms with Crippen molar-refractivity contribution in [3.8, 4) is 0 Å². The summed E-state index contributed by atoms with van der Waals surface area (Å²) >= 11 is 12.2. The second kappa shape index (κ2) is 6.02. The van der Waals surface area contributed by atoms with Crippen LogP contribution in [0.15, 0.2) is 65.8 Å². The average molecular weight is 348 g/mol. The number of hydrogen-bond acceptors (Lipinski definition) is 3. The van der Waals surface area contributed by atoms with Crippen molar-refractivity contribution in [3.05, 3.63) is 66.2 Å². The first kappa shape index (κ1) is 15.5. The lowest BCUT2D eigenvalue weighted by atomic mass is 10.2. The van der Waals surface area contributed by atoms with Gasteiger partial charge in [-0.05, 0) is 24.3 Å².